The first kappa shape index (κ1) is 19.6. The molecule has 0 unspecified atom stereocenters. The fourth-order valence-corrected chi connectivity index (χ4v) is 5.33. The second-order valence-corrected chi connectivity index (χ2v) is 9.54. The smallest absolute Gasteiger partial charge is 0.240 e. The van der Waals surface area contributed by atoms with Gasteiger partial charge in [0.2, 0.25) is 10.0 Å². The molecule has 0 fully saturated rings. The van der Waals surface area contributed by atoms with Crippen LogP contribution in [0.4, 0.5) is 0 Å². The van der Waals surface area contributed by atoms with Crippen LogP contribution < -0.4 is 4.72 Å². The van der Waals surface area contributed by atoms with Gasteiger partial charge in [-0.25, -0.2) is 13.1 Å². The standard InChI is InChI=1S/C22H20N2O3S2/c1-15(25)16-6-4-7-17(12-16)29(26,27)24-14-20(22-10-5-11-28-22)19-13-23-21-9-3-2-8-18(19)21/h2-13,20,23-24H,14H2,1H3/t20-/m0/s1. The largest absolute Gasteiger partial charge is 0.361 e. The van der Waals surface area contributed by atoms with Gasteiger partial charge in [-0.2, -0.15) is 0 Å². The van der Waals surface area contributed by atoms with E-state index in [0.717, 1.165) is 21.3 Å². The number of aromatic nitrogens is 1. The van der Waals surface area contributed by atoms with Gasteiger partial charge in [0.25, 0.3) is 0 Å². The van der Waals surface area contributed by atoms with Crippen LogP contribution in [0.3, 0.4) is 0 Å². The number of rotatable bonds is 7. The number of H-pyrrole nitrogens is 1. The van der Waals surface area contributed by atoms with Crippen molar-refractivity contribution in [3.63, 3.8) is 0 Å². The third-order valence-corrected chi connectivity index (χ3v) is 7.32. The second-order valence-electron chi connectivity index (χ2n) is 6.79. The summed E-state index contributed by atoms with van der Waals surface area (Å²) < 4.78 is 28.5. The average Bonchev–Trinajstić information content (AvgIpc) is 3.39. The van der Waals surface area contributed by atoms with E-state index in [0.29, 0.717) is 5.56 Å². The van der Waals surface area contributed by atoms with Gasteiger partial charge in [0, 0.05) is 40.0 Å². The molecule has 2 heterocycles. The Labute approximate surface area is 173 Å². The van der Waals surface area contributed by atoms with Crippen LogP contribution in [0.25, 0.3) is 10.9 Å². The van der Waals surface area contributed by atoms with Crippen LogP contribution in [0.15, 0.2) is 77.1 Å². The molecule has 2 N–H and O–H groups in total. The number of aromatic amines is 1. The van der Waals surface area contributed by atoms with Gasteiger partial charge < -0.3 is 4.98 Å². The second kappa shape index (κ2) is 7.94. The molecule has 0 saturated carbocycles. The minimum atomic E-state index is -3.75. The molecule has 0 aliphatic heterocycles. The molecule has 4 rings (SSSR count). The van der Waals surface area contributed by atoms with Gasteiger partial charge in [0.15, 0.2) is 5.78 Å². The highest BCUT2D eigenvalue weighted by atomic mass is 32.2. The minimum Gasteiger partial charge on any atom is -0.361 e. The Kier molecular flexibility index (Phi) is 5.36. The number of para-hydroxylation sites is 1. The quantitative estimate of drug-likeness (QED) is 0.428. The van der Waals surface area contributed by atoms with Crippen molar-refractivity contribution in [1.82, 2.24) is 9.71 Å². The molecule has 0 amide bonds. The number of carbonyl (C=O) groups excluding carboxylic acids is 1. The van der Waals surface area contributed by atoms with Crippen LogP contribution in [0.2, 0.25) is 0 Å². The van der Waals surface area contributed by atoms with Crippen molar-refractivity contribution in [1.29, 1.82) is 0 Å². The fraction of sp³-hybridized carbons (Fsp3) is 0.136. The van der Waals surface area contributed by atoms with E-state index in [2.05, 4.69) is 9.71 Å². The maximum Gasteiger partial charge on any atom is 0.240 e. The van der Waals surface area contributed by atoms with E-state index >= 15 is 0 Å². The van der Waals surface area contributed by atoms with Gasteiger partial charge in [-0.05, 0) is 42.1 Å². The zero-order chi connectivity index (χ0) is 20.4. The molecular formula is C22H20N2O3S2. The van der Waals surface area contributed by atoms with E-state index in [-0.39, 0.29) is 23.1 Å². The monoisotopic (exact) mass is 424 g/mol. The van der Waals surface area contributed by atoms with Gasteiger partial charge in [0.1, 0.15) is 0 Å². The molecule has 7 heteroatoms. The van der Waals surface area contributed by atoms with E-state index in [4.69, 9.17) is 0 Å². The van der Waals surface area contributed by atoms with Crippen molar-refractivity contribution in [3.8, 4) is 0 Å². The lowest BCUT2D eigenvalue weighted by Crippen LogP contribution is -2.29. The minimum absolute atomic E-state index is 0.0917. The van der Waals surface area contributed by atoms with E-state index in [1.807, 2.05) is 48.0 Å². The summed E-state index contributed by atoms with van der Waals surface area (Å²) in [6.07, 6.45) is 1.94. The SMILES string of the molecule is CC(=O)c1cccc(S(=O)(=O)NC[C@H](c2cccs2)c2c[nH]c3ccccc23)c1. The zero-order valence-electron chi connectivity index (χ0n) is 15.8. The van der Waals surface area contributed by atoms with Crippen LogP contribution in [0.1, 0.15) is 33.6 Å². The van der Waals surface area contributed by atoms with Crippen LogP contribution in [-0.4, -0.2) is 25.7 Å². The number of benzene rings is 2. The molecule has 2 aromatic heterocycles. The van der Waals surface area contributed by atoms with Crippen LogP contribution >= 0.6 is 11.3 Å². The first-order valence-electron chi connectivity index (χ1n) is 9.16. The summed E-state index contributed by atoms with van der Waals surface area (Å²) >= 11 is 1.60. The maximum atomic E-state index is 12.9. The van der Waals surface area contributed by atoms with Gasteiger partial charge in [0.05, 0.1) is 4.90 Å². The third kappa shape index (κ3) is 4.03. The molecular weight excluding hydrogens is 404 g/mol. The highest BCUT2D eigenvalue weighted by molar-refractivity contribution is 7.89. The molecule has 1 atom stereocenters. The van der Waals surface area contributed by atoms with Gasteiger partial charge in [-0.3, -0.25) is 4.79 Å². The number of hydrogen-bond acceptors (Lipinski definition) is 4. The van der Waals surface area contributed by atoms with E-state index in [1.54, 1.807) is 23.5 Å². The Bertz CT molecular complexity index is 1260. The van der Waals surface area contributed by atoms with Crippen molar-refractivity contribution in [2.24, 2.45) is 0 Å². The summed E-state index contributed by atoms with van der Waals surface area (Å²) in [6.45, 7) is 1.64. The molecule has 4 aromatic rings. The van der Waals surface area contributed by atoms with E-state index in [1.165, 1.54) is 19.1 Å². The maximum absolute atomic E-state index is 12.9. The number of Topliss-reactive ketones (excluding diaryl/α,β-unsaturated/α-hetero) is 1. The summed E-state index contributed by atoms with van der Waals surface area (Å²) in [4.78, 5) is 16.0. The van der Waals surface area contributed by atoms with Gasteiger partial charge in [-0.1, -0.05) is 36.4 Å². The highest BCUT2D eigenvalue weighted by Gasteiger charge is 2.23. The number of ketones is 1. The first-order valence-corrected chi connectivity index (χ1v) is 11.5. The molecule has 29 heavy (non-hydrogen) atoms. The van der Waals surface area contributed by atoms with Crippen LogP contribution in [0.5, 0.6) is 0 Å². The summed E-state index contributed by atoms with van der Waals surface area (Å²) in [6, 6.07) is 18.1. The van der Waals surface area contributed by atoms with Crippen molar-refractivity contribution in [3.05, 3.63) is 88.2 Å². The number of fused-ring (bicyclic) bond motifs is 1. The number of carbonyl (C=O) groups is 1. The highest BCUT2D eigenvalue weighted by Crippen LogP contribution is 2.33. The van der Waals surface area contributed by atoms with E-state index < -0.39 is 10.0 Å². The number of sulfonamides is 1. The summed E-state index contributed by atoms with van der Waals surface area (Å²) in [7, 11) is -3.75. The first-order chi connectivity index (χ1) is 14.0. The Morgan fingerprint density at radius 1 is 1.10 bits per heavy atom. The number of nitrogens with one attached hydrogen (secondary N) is 2. The molecule has 2 aromatic carbocycles. The van der Waals surface area contributed by atoms with Crippen LogP contribution in [-0.2, 0) is 10.0 Å². The summed E-state index contributed by atoms with van der Waals surface area (Å²) in [5, 5.41) is 3.06. The molecule has 0 aliphatic rings. The third-order valence-electron chi connectivity index (χ3n) is 4.91. The summed E-state index contributed by atoms with van der Waals surface area (Å²) in [5.41, 5.74) is 2.43. The predicted octanol–water partition coefficient (Wildman–Crippen LogP) is 4.54. The lowest BCUT2D eigenvalue weighted by atomic mass is 9.97. The molecule has 0 saturated heterocycles. The van der Waals surface area contributed by atoms with Crippen LogP contribution in [0, 0.1) is 0 Å². The Morgan fingerprint density at radius 2 is 1.93 bits per heavy atom. The molecule has 0 radical (unpaired) electrons. The molecule has 5 nitrogen and oxygen atoms in total. The lowest BCUT2D eigenvalue weighted by molar-refractivity contribution is 0.101. The zero-order valence-corrected chi connectivity index (χ0v) is 17.4. The van der Waals surface area contributed by atoms with Crippen molar-refractivity contribution >= 4 is 38.0 Å². The normalized spacial score (nSPS) is 12.9. The topological polar surface area (TPSA) is 79.0 Å². The summed E-state index contributed by atoms with van der Waals surface area (Å²) in [5.74, 6) is -0.297. The van der Waals surface area contributed by atoms with Crippen molar-refractivity contribution in [2.75, 3.05) is 6.54 Å². The van der Waals surface area contributed by atoms with E-state index in [9.17, 15) is 13.2 Å². The van der Waals surface area contributed by atoms with Crippen molar-refractivity contribution < 1.29 is 13.2 Å². The lowest BCUT2D eigenvalue weighted by Gasteiger charge is -2.17. The Morgan fingerprint density at radius 3 is 2.69 bits per heavy atom. The average molecular weight is 425 g/mol. The number of thiophene rings is 1. The molecule has 0 spiro atoms. The fourth-order valence-electron chi connectivity index (χ4n) is 3.39. The molecule has 0 aliphatic carbocycles. The molecule has 0 bridgehead atoms. The Balaban J connectivity index is 1.66. The number of hydrogen-bond donors (Lipinski definition) is 2. The molecule has 148 valence electrons. The van der Waals surface area contributed by atoms with Gasteiger partial charge in [-0.15, -0.1) is 11.3 Å². The predicted molar refractivity (Wildman–Crippen MR) is 116 cm³/mol. The van der Waals surface area contributed by atoms with Crippen molar-refractivity contribution in [2.45, 2.75) is 17.7 Å². The van der Waals surface area contributed by atoms with Gasteiger partial charge >= 0.3 is 0 Å². The Hall–Kier alpha value is -2.74.